The lowest BCUT2D eigenvalue weighted by molar-refractivity contribution is -0.118. The molecule has 5 heteroatoms. The lowest BCUT2D eigenvalue weighted by Crippen LogP contribution is -2.24. The first-order valence-corrected chi connectivity index (χ1v) is 6.98. The van der Waals surface area contributed by atoms with Gasteiger partial charge in [0, 0.05) is 31.3 Å². The van der Waals surface area contributed by atoms with Gasteiger partial charge in [0.2, 0.25) is 5.91 Å². The molecule has 0 saturated heterocycles. The van der Waals surface area contributed by atoms with Crippen LogP contribution in [0.3, 0.4) is 0 Å². The quantitative estimate of drug-likeness (QED) is 0.499. The molecule has 0 aliphatic heterocycles. The van der Waals surface area contributed by atoms with Crippen molar-refractivity contribution in [1.29, 1.82) is 0 Å². The van der Waals surface area contributed by atoms with Gasteiger partial charge in [-0.3, -0.25) is 9.59 Å². The zero-order valence-corrected chi connectivity index (χ0v) is 11.9. The molecule has 110 valence electrons. The number of unbranched alkanes of at least 4 members (excludes halogenated alkanes) is 3. The van der Waals surface area contributed by atoms with Gasteiger partial charge in [-0.25, -0.2) is 0 Å². The highest BCUT2D eigenvalue weighted by molar-refractivity contribution is 5.94. The molecular formula is C15H23N3O2. The van der Waals surface area contributed by atoms with E-state index >= 15 is 0 Å². The minimum atomic E-state index is -0.0664. The average molecular weight is 277 g/mol. The molecule has 0 aromatic heterocycles. The Morgan fingerprint density at radius 2 is 1.50 bits per heavy atom. The van der Waals surface area contributed by atoms with Crippen molar-refractivity contribution in [3.63, 3.8) is 0 Å². The van der Waals surface area contributed by atoms with Crippen molar-refractivity contribution in [3.8, 4) is 0 Å². The maximum atomic E-state index is 11.8. The Balaban J connectivity index is 2.05. The van der Waals surface area contributed by atoms with E-state index in [0.29, 0.717) is 17.8 Å². The molecule has 4 N–H and O–H groups in total. The number of benzene rings is 1. The van der Waals surface area contributed by atoms with E-state index < -0.39 is 0 Å². The topological polar surface area (TPSA) is 84.2 Å². The maximum Gasteiger partial charge on any atom is 0.251 e. The van der Waals surface area contributed by atoms with Crippen LogP contribution in [0.4, 0.5) is 5.69 Å². The van der Waals surface area contributed by atoms with E-state index in [-0.39, 0.29) is 11.8 Å². The molecule has 0 aliphatic carbocycles. The number of nitrogens with one attached hydrogen (secondary N) is 2. The fourth-order valence-corrected chi connectivity index (χ4v) is 1.81. The second-order valence-electron chi connectivity index (χ2n) is 4.78. The summed E-state index contributed by atoms with van der Waals surface area (Å²) in [6.07, 6.45) is 4.02. The van der Waals surface area contributed by atoms with Gasteiger partial charge >= 0.3 is 0 Å². The number of amides is 2. The molecule has 0 unspecified atom stereocenters. The second kappa shape index (κ2) is 8.96. The van der Waals surface area contributed by atoms with E-state index in [4.69, 9.17) is 5.73 Å². The predicted molar refractivity (Wildman–Crippen MR) is 80.3 cm³/mol. The molecule has 1 rings (SSSR count). The Kier molecular flexibility index (Phi) is 7.17. The Morgan fingerprint density at radius 3 is 2.05 bits per heavy atom. The summed E-state index contributed by atoms with van der Waals surface area (Å²) in [4.78, 5) is 22.4. The highest BCUT2D eigenvalue weighted by Crippen LogP contribution is 2.05. The largest absolute Gasteiger partial charge is 0.399 e. The van der Waals surface area contributed by atoms with Gasteiger partial charge < -0.3 is 16.4 Å². The highest BCUT2D eigenvalue weighted by atomic mass is 16.2. The standard InChI is InChI=1S/C15H23N3O2/c1-12(19)17-10-4-2-3-5-11-18-15(20)13-6-8-14(16)9-7-13/h6-9H,2-5,10-11,16H2,1H3,(H,17,19)(H,18,20). The first-order chi connectivity index (χ1) is 9.59. The molecule has 0 spiro atoms. The third-order valence-corrected chi connectivity index (χ3v) is 2.94. The van der Waals surface area contributed by atoms with Crippen LogP contribution in [0.5, 0.6) is 0 Å². The normalized spacial score (nSPS) is 10.1. The SMILES string of the molecule is CC(=O)NCCCCCCNC(=O)c1ccc(N)cc1. The van der Waals surface area contributed by atoms with Crippen LogP contribution in [0, 0.1) is 0 Å². The van der Waals surface area contributed by atoms with E-state index in [0.717, 1.165) is 32.2 Å². The molecule has 0 bridgehead atoms. The van der Waals surface area contributed by atoms with Crippen LogP contribution in [0.1, 0.15) is 43.0 Å². The minimum Gasteiger partial charge on any atom is -0.399 e. The van der Waals surface area contributed by atoms with Gasteiger partial charge in [-0.05, 0) is 37.1 Å². The van der Waals surface area contributed by atoms with Crippen molar-refractivity contribution in [2.75, 3.05) is 18.8 Å². The summed E-state index contributed by atoms with van der Waals surface area (Å²) >= 11 is 0. The van der Waals surface area contributed by atoms with Crippen molar-refractivity contribution in [2.24, 2.45) is 0 Å². The van der Waals surface area contributed by atoms with E-state index in [1.54, 1.807) is 24.3 Å². The van der Waals surface area contributed by atoms with Gasteiger partial charge in [-0.1, -0.05) is 12.8 Å². The molecule has 0 saturated carbocycles. The Labute approximate surface area is 119 Å². The smallest absolute Gasteiger partial charge is 0.251 e. The molecule has 1 aromatic rings. The number of carbonyl (C=O) groups is 2. The third kappa shape index (κ3) is 6.78. The monoisotopic (exact) mass is 277 g/mol. The summed E-state index contributed by atoms with van der Waals surface area (Å²) in [5.74, 6) is -0.0518. The summed E-state index contributed by atoms with van der Waals surface area (Å²) < 4.78 is 0. The van der Waals surface area contributed by atoms with Gasteiger partial charge in [0.25, 0.3) is 5.91 Å². The summed E-state index contributed by atoms with van der Waals surface area (Å²) in [7, 11) is 0. The Bertz CT molecular complexity index is 429. The number of hydrogen-bond acceptors (Lipinski definition) is 3. The molecule has 0 atom stereocenters. The lowest BCUT2D eigenvalue weighted by Gasteiger charge is -2.06. The summed E-state index contributed by atoms with van der Waals surface area (Å²) in [6, 6.07) is 6.88. The second-order valence-corrected chi connectivity index (χ2v) is 4.78. The van der Waals surface area contributed by atoms with Gasteiger partial charge in [0.05, 0.1) is 0 Å². The van der Waals surface area contributed by atoms with Crippen molar-refractivity contribution < 1.29 is 9.59 Å². The first kappa shape index (κ1) is 16.0. The van der Waals surface area contributed by atoms with E-state index in [9.17, 15) is 9.59 Å². The molecule has 5 nitrogen and oxygen atoms in total. The molecule has 2 amide bonds. The maximum absolute atomic E-state index is 11.8. The molecule has 0 fully saturated rings. The predicted octanol–water partition coefficient (Wildman–Crippen LogP) is 1.70. The molecule has 20 heavy (non-hydrogen) atoms. The average Bonchev–Trinajstić information content (AvgIpc) is 2.42. The summed E-state index contributed by atoms with van der Waals surface area (Å²) in [5, 5.41) is 5.64. The zero-order valence-electron chi connectivity index (χ0n) is 11.9. The van der Waals surface area contributed by atoms with Crippen LogP contribution >= 0.6 is 0 Å². The van der Waals surface area contributed by atoms with Gasteiger partial charge in [-0.2, -0.15) is 0 Å². The van der Waals surface area contributed by atoms with E-state index in [2.05, 4.69) is 10.6 Å². The third-order valence-electron chi connectivity index (χ3n) is 2.94. The van der Waals surface area contributed by atoms with Crippen molar-refractivity contribution in [2.45, 2.75) is 32.6 Å². The number of nitrogen functional groups attached to an aromatic ring is 1. The number of nitrogens with two attached hydrogens (primary N) is 1. The van der Waals surface area contributed by atoms with Crippen LogP contribution < -0.4 is 16.4 Å². The fraction of sp³-hybridized carbons (Fsp3) is 0.467. The number of rotatable bonds is 8. The van der Waals surface area contributed by atoms with Gasteiger partial charge in [-0.15, -0.1) is 0 Å². The molecule has 0 heterocycles. The Hall–Kier alpha value is -2.04. The van der Waals surface area contributed by atoms with Crippen LogP contribution in [-0.4, -0.2) is 24.9 Å². The zero-order chi connectivity index (χ0) is 14.8. The van der Waals surface area contributed by atoms with Gasteiger partial charge in [0.15, 0.2) is 0 Å². The van der Waals surface area contributed by atoms with Crippen LogP contribution in [0.15, 0.2) is 24.3 Å². The van der Waals surface area contributed by atoms with Crippen molar-refractivity contribution in [3.05, 3.63) is 29.8 Å². The lowest BCUT2D eigenvalue weighted by atomic mass is 10.1. The van der Waals surface area contributed by atoms with E-state index in [1.165, 1.54) is 6.92 Å². The number of anilines is 1. The molecule has 1 aromatic carbocycles. The summed E-state index contributed by atoms with van der Waals surface area (Å²) in [6.45, 7) is 2.92. The minimum absolute atomic E-state index is 0.0146. The van der Waals surface area contributed by atoms with E-state index in [1.807, 2.05) is 0 Å². The van der Waals surface area contributed by atoms with Crippen molar-refractivity contribution >= 4 is 17.5 Å². The highest BCUT2D eigenvalue weighted by Gasteiger charge is 2.03. The van der Waals surface area contributed by atoms with Crippen LogP contribution in [0.25, 0.3) is 0 Å². The molecule has 0 radical (unpaired) electrons. The Morgan fingerprint density at radius 1 is 0.950 bits per heavy atom. The summed E-state index contributed by atoms with van der Waals surface area (Å²) in [5.41, 5.74) is 6.85. The van der Waals surface area contributed by atoms with Gasteiger partial charge in [0.1, 0.15) is 0 Å². The van der Waals surface area contributed by atoms with Crippen LogP contribution in [0.2, 0.25) is 0 Å². The number of carbonyl (C=O) groups excluding carboxylic acids is 2. The molecule has 0 aliphatic rings. The van der Waals surface area contributed by atoms with Crippen molar-refractivity contribution in [1.82, 2.24) is 10.6 Å². The van der Waals surface area contributed by atoms with Crippen LogP contribution in [-0.2, 0) is 4.79 Å². The molecular weight excluding hydrogens is 254 g/mol. The first-order valence-electron chi connectivity index (χ1n) is 6.98. The fourth-order valence-electron chi connectivity index (χ4n) is 1.81. The number of hydrogen-bond donors (Lipinski definition) is 3.